The number of thiophene rings is 1. The minimum Gasteiger partial charge on any atom is -0.356 e. The third-order valence-electron chi connectivity index (χ3n) is 4.95. The van der Waals surface area contributed by atoms with Gasteiger partial charge in [-0.25, -0.2) is 9.97 Å². The minimum atomic E-state index is -0.00579. The fourth-order valence-corrected chi connectivity index (χ4v) is 3.81. The molecule has 1 saturated heterocycles. The Hall–Kier alpha value is -1.95. The molecule has 0 aromatic carbocycles. The molecule has 2 aromatic rings. The van der Waals surface area contributed by atoms with Crippen molar-refractivity contribution < 1.29 is 4.79 Å². The number of aromatic nitrogens is 2. The standard InChI is InChI=1S/C21H30N4OS/c1-14(2)19-23-17(21(3,4)5)12-18(24-19)25-9-6-16(7-10-25)22-20(26)15-8-11-27-13-15/h8,11-14,16H,6-7,9-10H2,1-5H3,(H,22,26). The highest BCUT2D eigenvalue weighted by molar-refractivity contribution is 7.08. The SMILES string of the molecule is CC(C)c1nc(N2CCC(NC(=O)c3ccsc3)CC2)cc(C(C)(C)C)n1. The first-order valence-corrected chi connectivity index (χ1v) is 10.7. The predicted molar refractivity (Wildman–Crippen MR) is 112 cm³/mol. The Kier molecular flexibility index (Phi) is 5.84. The average Bonchev–Trinajstić information content (AvgIpc) is 3.16. The number of piperidine rings is 1. The van der Waals surface area contributed by atoms with Crippen molar-refractivity contribution in [2.45, 2.75) is 64.8 Å². The van der Waals surface area contributed by atoms with E-state index < -0.39 is 0 Å². The summed E-state index contributed by atoms with van der Waals surface area (Å²) in [5.41, 5.74) is 1.84. The Morgan fingerprint density at radius 1 is 1.26 bits per heavy atom. The molecule has 146 valence electrons. The number of carbonyl (C=O) groups excluding carboxylic acids is 1. The number of anilines is 1. The molecule has 0 saturated carbocycles. The molecule has 1 aliphatic heterocycles. The Balaban J connectivity index is 1.68. The van der Waals surface area contributed by atoms with E-state index in [4.69, 9.17) is 9.97 Å². The van der Waals surface area contributed by atoms with Gasteiger partial charge in [-0.3, -0.25) is 4.79 Å². The quantitative estimate of drug-likeness (QED) is 0.848. The first-order chi connectivity index (χ1) is 12.7. The fourth-order valence-electron chi connectivity index (χ4n) is 3.17. The van der Waals surface area contributed by atoms with Crippen LogP contribution in [0.25, 0.3) is 0 Å². The van der Waals surface area contributed by atoms with Crippen LogP contribution in [-0.2, 0) is 5.41 Å². The molecule has 0 radical (unpaired) electrons. The van der Waals surface area contributed by atoms with Crippen LogP contribution in [0.5, 0.6) is 0 Å². The molecule has 0 unspecified atom stereocenters. The second-order valence-corrected chi connectivity index (χ2v) is 9.40. The Morgan fingerprint density at radius 3 is 2.52 bits per heavy atom. The molecule has 0 aliphatic carbocycles. The van der Waals surface area contributed by atoms with Crippen molar-refractivity contribution in [3.8, 4) is 0 Å². The van der Waals surface area contributed by atoms with Crippen LogP contribution in [0.3, 0.4) is 0 Å². The van der Waals surface area contributed by atoms with E-state index in [1.54, 1.807) is 11.3 Å². The zero-order valence-corrected chi connectivity index (χ0v) is 17.8. The lowest BCUT2D eigenvalue weighted by atomic mass is 9.91. The van der Waals surface area contributed by atoms with Gasteiger partial charge >= 0.3 is 0 Å². The number of hydrogen-bond donors (Lipinski definition) is 1. The van der Waals surface area contributed by atoms with Gasteiger partial charge in [-0.1, -0.05) is 34.6 Å². The van der Waals surface area contributed by atoms with E-state index >= 15 is 0 Å². The van der Waals surface area contributed by atoms with Gasteiger partial charge in [0.15, 0.2) is 0 Å². The molecular formula is C21H30N4OS. The van der Waals surface area contributed by atoms with Crippen LogP contribution in [0.4, 0.5) is 5.82 Å². The lowest BCUT2D eigenvalue weighted by molar-refractivity contribution is 0.0931. The maximum Gasteiger partial charge on any atom is 0.252 e. The molecule has 0 atom stereocenters. The maximum absolute atomic E-state index is 12.3. The second kappa shape index (κ2) is 7.97. The van der Waals surface area contributed by atoms with Gasteiger partial charge < -0.3 is 10.2 Å². The molecule has 27 heavy (non-hydrogen) atoms. The van der Waals surface area contributed by atoms with Crippen LogP contribution in [0.15, 0.2) is 22.9 Å². The van der Waals surface area contributed by atoms with Gasteiger partial charge in [0.25, 0.3) is 5.91 Å². The molecule has 2 aromatic heterocycles. The number of amides is 1. The lowest BCUT2D eigenvalue weighted by Crippen LogP contribution is -2.45. The molecule has 0 bridgehead atoms. The minimum absolute atomic E-state index is 0.00579. The summed E-state index contributed by atoms with van der Waals surface area (Å²) in [7, 11) is 0. The number of hydrogen-bond acceptors (Lipinski definition) is 5. The molecule has 5 nitrogen and oxygen atoms in total. The van der Waals surface area contributed by atoms with Gasteiger partial charge in [0.1, 0.15) is 11.6 Å². The summed E-state index contributed by atoms with van der Waals surface area (Å²) in [6.45, 7) is 12.6. The van der Waals surface area contributed by atoms with E-state index in [1.165, 1.54) is 0 Å². The van der Waals surface area contributed by atoms with Gasteiger partial charge in [-0.15, -0.1) is 0 Å². The van der Waals surface area contributed by atoms with Crippen LogP contribution < -0.4 is 10.2 Å². The van der Waals surface area contributed by atoms with E-state index in [1.807, 2.05) is 16.8 Å². The van der Waals surface area contributed by atoms with Gasteiger partial charge in [-0.2, -0.15) is 11.3 Å². The summed E-state index contributed by atoms with van der Waals surface area (Å²) in [4.78, 5) is 24.2. The van der Waals surface area contributed by atoms with E-state index in [0.717, 1.165) is 48.8 Å². The molecule has 1 N–H and O–H groups in total. The second-order valence-electron chi connectivity index (χ2n) is 8.62. The van der Waals surface area contributed by atoms with Crippen LogP contribution >= 0.6 is 11.3 Å². The summed E-state index contributed by atoms with van der Waals surface area (Å²) in [5.74, 6) is 2.26. The topological polar surface area (TPSA) is 58.1 Å². The van der Waals surface area contributed by atoms with Crippen LogP contribution in [-0.4, -0.2) is 35.0 Å². The first kappa shape index (κ1) is 19.8. The molecule has 1 amide bonds. The summed E-state index contributed by atoms with van der Waals surface area (Å²) in [6, 6.07) is 4.23. The first-order valence-electron chi connectivity index (χ1n) is 9.71. The smallest absolute Gasteiger partial charge is 0.252 e. The predicted octanol–water partition coefficient (Wildman–Crippen LogP) is 4.36. The third kappa shape index (κ3) is 4.86. The van der Waals surface area contributed by atoms with Crippen molar-refractivity contribution in [2.75, 3.05) is 18.0 Å². The van der Waals surface area contributed by atoms with Crippen LogP contribution in [0, 0.1) is 0 Å². The number of nitrogens with zero attached hydrogens (tertiary/aromatic N) is 3. The summed E-state index contributed by atoms with van der Waals surface area (Å²) >= 11 is 1.55. The summed E-state index contributed by atoms with van der Waals surface area (Å²) in [6.07, 6.45) is 1.86. The third-order valence-corrected chi connectivity index (χ3v) is 5.64. The van der Waals surface area contributed by atoms with Gasteiger partial charge in [0.05, 0.1) is 5.69 Å². The summed E-state index contributed by atoms with van der Waals surface area (Å²) in [5, 5.41) is 7.00. The van der Waals surface area contributed by atoms with Crippen molar-refractivity contribution in [3.05, 3.63) is 40.0 Å². The van der Waals surface area contributed by atoms with E-state index in [2.05, 4.69) is 50.9 Å². The lowest BCUT2D eigenvalue weighted by Gasteiger charge is -2.34. The monoisotopic (exact) mass is 386 g/mol. The number of carbonyl (C=O) groups is 1. The maximum atomic E-state index is 12.3. The normalized spacial score (nSPS) is 16.0. The fraction of sp³-hybridized carbons (Fsp3) is 0.571. The largest absolute Gasteiger partial charge is 0.356 e. The molecule has 3 rings (SSSR count). The molecule has 0 spiro atoms. The highest BCUT2D eigenvalue weighted by Gasteiger charge is 2.25. The highest BCUT2D eigenvalue weighted by atomic mass is 32.1. The molecule has 3 heterocycles. The number of nitrogens with one attached hydrogen (secondary N) is 1. The summed E-state index contributed by atoms with van der Waals surface area (Å²) < 4.78 is 0. The zero-order valence-electron chi connectivity index (χ0n) is 17.0. The molecule has 6 heteroatoms. The van der Waals surface area contributed by atoms with Gasteiger partial charge in [0.2, 0.25) is 0 Å². The average molecular weight is 387 g/mol. The Morgan fingerprint density at radius 2 is 1.96 bits per heavy atom. The Labute approximate surface area is 166 Å². The Bertz CT molecular complexity index is 772. The van der Waals surface area contributed by atoms with E-state index in [-0.39, 0.29) is 17.4 Å². The molecule has 1 fully saturated rings. The molecule has 1 aliphatic rings. The molecular weight excluding hydrogens is 356 g/mol. The highest BCUT2D eigenvalue weighted by Crippen LogP contribution is 2.27. The van der Waals surface area contributed by atoms with Crippen LogP contribution in [0.1, 0.15) is 75.3 Å². The van der Waals surface area contributed by atoms with Crippen molar-refractivity contribution in [1.29, 1.82) is 0 Å². The van der Waals surface area contributed by atoms with E-state index in [0.29, 0.717) is 5.92 Å². The van der Waals surface area contributed by atoms with Gasteiger partial charge in [-0.05, 0) is 24.3 Å². The van der Waals surface area contributed by atoms with Crippen molar-refractivity contribution in [2.24, 2.45) is 0 Å². The van der Waals surface area contributed by atoms with Gasteiger partial charge in [0, 0.05) is 47.5 Å². The van der Waals surface area contributed by atoms with Crippen molar-refractivity contribution in [1.82, 2.24) is 15.3 Å². The van der Waals surface area contributed by atoms with Crippen LogP contribution in [0.2, 0.25) is 0 Å². The van der Waals surface area contributed by atoms with Crippen molar-refractivity contribution in [3.63, 3.8) is 0 Å². The zero-order chi connectivity index (χ0) is 19.6. The van der Waals surface area contributed by atoms with E-state index in [9.17, 15) is 4.79 Å². The number of rotatable bonds is 4. The van der Waals surface area contributed by atoms with Crippen molar-refractivity contribution >= 4 is 23.1 Å².